The number of benzene rings is 3. The average Bonchev–Trinajstić information content (AvgIpc) is 2.83. The molecule has 164 valence electrons. The van der Waals surface area contributed by atoms with Crippen molar-refractivity contribution in [3.63, 3.8) is 0 Å². The van der Waals surface area contributed by atoms with E-state index in [1.54, 1.807) is 6.21 Å². The fourth-order valence-electron chi connectivity index (χ4n) is 3.78. The summed E-state index contributed by atoms with van der Waals surface area (Å²) in [7, 11) is 0. The fourth-order valence-corrected chi connectivity index (χ4v) is 3.98. The Morgan fingerprint density at radius 1 is 0.844 bits per heavy atom. The highest BCUT2D eigenvalue weighted by Crippen LogP contribution is 2.19. The molecule has 32 heavy (non-hydrogen) atoms. The molecule has 5 nitrogen and oxygen atoms in total. The van der Waals surface area contributed by atoms with E-state index >= 15 is 0 Å². The van der Waals surface area contributed by atoms with Crippen LogP contribution in [0.2, 0.25) is 5.02 Å². The van der Waals surface area contributed by atoms with Crippen LogP contribution >= 0.6 is 11.6 Å². The van der Waals surface area contributed by atoms with Crippen molar-refractivity contribution >= 4 is 23.7 Å². The first-order valence-corrected chi connectivity index (χ1v) is 11.2. The number of halogens is 1. The summed E-state index contributed by atoms with van der Waals surface area (Å²) in [6, 6.07) is 26.3. The van der Waals surface area contributed by atoms with Gasteiger partial charge in [0.25, 0.3) is 5.91 Å². The number of hydrazone groups is 1. The van der Waals surface area contributed by atoms with Gasteiger partial charge in [-0.05, 0) is 28.3 Å². The zero-order valence-corrected chi connectivity index (χ0v) is 18.7. The first kappa shape index (κ1) is 22.2. The lowest BCUT2D eigenvalue weighted by Crippen LogP contribution is -2.48. The van der Waals surface area contributed by atoms with Gasteiger partial charge in [-0.1, -0.05) is 84.4 Å². The van der Waals surface area contributed by atoms with Gasteiger partial charge in [-0.2, -0.15) is 5.10 Å². The molecule has 0 spiro atoms. The number of nitrogens with one attached hydrogen (secondary N) is 1. The Bertz CT molecular complexity index is 1040. The molecule has 0 saturated carbocycles. The van der Waals surface area contributed by atoms with Crippen LogP contribution < -0.4 is 5.43 Å². The van der Waals surface area contributed by atoms with E-state index in [0.29, 0.717) is 6.54 Å². The number of amides is 1. The van der Waals surface area contributed by atoms with E-state index in [1.807, 2.05) is 48.5 Å². The summed E-state index contributed by atoms with van der Waals surface area (Å²) in [6.45, 7) is 4.72. The first-order chi connectivity index (χ1) is 15.7. The van der Waals surface area contributed by atoms with Gasteiger partial charge < -0.3 is 0 Å². The third-order valence-electron chi connectivity index (χ3n) is 5.60. The second-order valence-corrected chi connectivity index (χ2v) is 8.33. The highest BCUT2D eigenvalue weighted by atomic mass is 35.5. The minimum absolute atomic E-state index is 0.0956. The summed E-state index contributed by atoms with van der Waals surface area (Å²) in [5.74, 6) is -0.0956. The summed E-state index contributed by atoms with van der Waals surface area (Å²) in [5, 5.41) is 4.92. The standard InChI is InChI=1S/C26H27ClN4O/c27-25-9-5-4-8-24(25)19-30-14-16-31(17-15-30)20-26(32)29-28-18-21-10-12-23(13-11-21)22-6-2-1-3-7-22/h1-13,18H,14-17,19-20H2,(H,29,32). The number of hydrogen-bond acceptors (Lipinski definition) is 4. The van der Waals surface area contributed by atoms with Crippen LogP contribution in [0.3, 0.4) is 0 Å². The minimum Gasteiger partial charge on any atom is -0.296 e. The zero-order chi connectivity index (χ0) is 22.2. The summed E-state index contributed by atoms with van der Waals surface area (Å²) in [6.07, 6.45) is 1.67. The fraction of sp³-hybridized carbons (Fsp3) is 0.231. The van der Waals surface area contributed by atoms with Crippen LogP contribution in [-0.4, -0.2) is 54.6 Å². The van der Waals surface area contributed by atoms with Crippen molar-refractivity contribution < 1.29 is 4.79 Å². The van der Waals surface area contributed by atoms with Gasteiger partial charge in [0.2, 0.25) is 0 Å². The Hall–Kier alpha value is -2.99. The van der Waals surface area contributed by atoms with Crippen LogP contribution in [0.15, 0.2) is 84.0 Å². The second-order valence-electron chi connectivity index (χ2n) is 7.92. The van der Waals surface area contributed by atoms with E-state index in [-0.39, 0.29) is 5.91 Å². The Morgan fingerprint density at radius 3 is 2.19 bits per heavy atom. The van der Waals surface area contributed by atoms with Crippen LogP contribution in [0.5, 0.6) is 0 Å². The lowest BCUT2D eigenvalue weighted by molar-refractivity contribution is -0.122. The Kier molecular flexibility index (Phi) is 7.67. The molecule has 3 aromatic rings. The number of nitrogens with zero attached hydrogens (tertiary/aromatic N) is 3. The van der Waals surface area contributed by atoms with Crippen LogP contribution in [-0.2, 0) is 11.3 Å². The van der Waals surface area contributed by atoms with E-state index < -0.39 is 0 Å². The molecule has 1 saturated heterocycles. The van der Waals surface area contributed by atoms with Crippen molar-refractivity contribution in [2.24, 2.45) is 5.10 Å². The molecule has 1 N–H and O–H groups in total. The summed E-state index contributed by atoms with van der Waals surface area (Å²) >= 11 is 6.27. The molecular weight excluding hydrogens is 420 g/mol. The molecule has 3 aromatic carbocycles. The maximum atomic E-state index is 12.3. The van der Waals surface area contributed by atoms with Crippen molar-refractivity contribution in [1.29, 1.82) is 0 Å². The smallest absolute Gasteiger partial charge is 0.254 e. The zero-order valence-electron chi connectivity index (χ0n) is 18.0. The SMILES string of the molecule is O=C(CN1CCN(Cc2ccccc2Cl)CC1)NN=Cc1ccc(-c2ccccc2)cc1. The van der Waals surface area contributed by atoms with Crippen molar-refractivity contribution in [2.75, 3.05) is 32.7 Å². The normalized spacial score (nSPS) is 15.2. The van der Waals surface area contributed by atoms with E-state index in [2.05, 4.69) is 50.7 Å². The lowest BCUT2D eigenvalue weighted by Gasteiger charge is -2.34. The third-order valence-corrected chi connectivity index (χ3v) is 5.97. The van der Waals surface area contributed by atoms with Crippen molar-refractivity contribution in [3.05, 3.63) is 95.0 Å². The molecule has 1 heterocycles. The molecule has 1 aliphatic rings. The van der Waals surface area contributed by atoms with Crippen molar-refractivity contribution in [3.8, 4) is 11.1 Å². The van der Waals surface area contributed by atoms with Gasteiger partial charge in [-0.3, -0.25) is 14.6 Å². The molecule has 0 aromatic heterocycles. The largest absolute Gasteiger partial charge is 0.296 e. The third kappa shape index (κ3) is 6.26. The lowest BCUT2D eigenvalue weighted by atomic mass is 10.0. The highest BCUT2D eigenvalue weighted by molar-refractivity contribution is 6.31. The van der Waals surface area contributed by atoms with Crippen LogP contribution in [0.25, 0.3) is 11.1 Å². The molecule has 1 aliphatic heterocycles. The average molecular weight is 447 g/mol. The monoisotopic (exact) mass is 446 g/mol. The molecule has 6 heteroatoms. The van der Waals surface area contributed by atoms with Gasteiger partial charge in [0, 0.05) is 37.7 Å². The topological polar surface area (TPSA) is 47.9 Å². The first-order valence-electron chi connectivity index (χ1n) is 10.8. The molecule has 1 fully saturated rings. The van der Waals surface area contributed by atoms with E-state index in [0.717, 1.165) is 54.4 Å². The molecule has 0 aliphatic carbocycles. The summed E-state index contributed by atoms with van der Waals surface area (Å²) in [5.41, 5.74) is 7.06. The number of carbonyl (C=O) groups is 1. The molecule has 4 rings (SSSR count). The highest BCUT2D eigenvalue weighted by Gasteiger charge is 2.19. The molecule has 0 radical (unpaired) electrons. The number of rotatable bonds is 7. The summed E-state index contributed by atoms with van der Waals surface area (Å²) < 4.78 is 0. The van der Waals surface area contributed by atoms with Gasteiger partial charge in [-0.25, -0.2) is 5.43 Å². The van der Waals surface area contributed by atoms with Gasteiger partial charge in [0.1, 0.15) is 0 Å². The van der Waals surface area contributed by atoms with Crippen molar-refractivity contribution in [2.45, 2.75) is 6.54 Å². The Labute approximate surface area is 194 Å². The molecule has 0 atom stereocenters. The molecule has 0 bridgehead atoms. The summed E-state index contributed by atoms with van der Waals surface area (Å²) in [4.78, 5) is 16.8. The number of hydrogen-bond donors (Lipinski definition) is 1. The maximum absolute atomic E-state index is 12.3. The molecular formula is C26H27ClN4O. The van der Waals surface area contributed by atoms with E-state index in [1.165, 1.54) is 5.56 Å². The van der Waals surface area contributed by atoms with Crippen LogP contribution in [0.1, 0.15) is 11.1 Å². The Balaban J connectivity index is 1.19. The second kappa shape index (κ2) is 11.0. The van der Waals surface area contributed by atoms with Gasteiger partial charge >= 0.3 is 0 Å². The quantitative estimate of drug-likeness (QED) is 0.435. The number of piperazine rings is 1. The predicted octanol–water partition coefficient (Wildman–Crippen LogP) is 4.27. The van der Waals surface area contributed by atoms with Crippen molar-refractivity contribution in [1.82, 2.24) is 15.2 Å². The molecule has 1 amide bonds. The number of carbonyl (C=O) groups excluding carboxylic acids is 1. The van der Waals surface area contributed by atoms with Gasteiger partial charge in [-0.15, -0.1) is 0 Å². The van der Waals surface area contributed by atoms with Crippen LogP contribution in [0.4, 0.5) is 0 Å². The molecule has 0 unspecified atom stereocenters. The van der Waals surface area contributed by atoms with E-state index in [9.17, 15) is 4.79 Å². The van der Waals surface area contributed by atoms with Crippen LogP contribution in [0, 0.1) is 0 Å². The van der Waals surface area contributed by atoms with Gasteiger partial charge in [0.05, 0.1) is 12.8 Å². The Morgan fingerprint density at radius 2 is 1.47 bits per heavy atom. The van der Waals surface area contributed by atoms with E-state index in [4.69, 9.17) is 11.6 Å². The predicted molar refractivity (Wildman–Crippen MR) is 131 cm³/mol. The minimum atomic E-state index is -0.0956. The maximum Gasteiger partial charge on any atom is 0.254 e. The van der Waals surface area contributed by atoms with Gasteiger partial charge in [0.15, 0.2) is 0 Å².